The molecule has 0 saturated heterocycles. The molecule has 0 aliphatic rings. The summed E-state index contributed by atoms with van der Waals surface area (Å²) >= 11 is 5.73. The second-order valence-electron chi connectivity index (χ2n) is 5.77. The summed E-state index contributed by atoms with van der Waals surface area (Å²) in [6.07, 6.45) is 0. The Morgan fingerprint density at radius 1 is 1.28 bits per heavy atom. The van der Waals surface area contributed by atoms with Crippen LogP contribution in [-0.4, -0.2) is 11.8 Å². The van der Waals surface area contributed by atoms with Gasteiger partial charge in [0.25, 0.3) is 0 Å². The molecule has 0 aromatic heterocycles. The number of hydrogen-bond acceptors (Lipinski definition) is 1. The maximum atomic E-state index is 12.0. The molecular formula is C15H22ClNO. The highest BCUT2D eigenvalue weighted by molar-refractivity contribution is 6.19. The van der Waals surface area contributed by atoms with Gasteiger partial charge in [-0.1, -0.05) is 58.0 Å². The average molecular weight is 268 g/mol. The van der Waals surface area contributed by atoms with E-state index in [1.807, 2.05) is 37.3 Å². The Morgan fingerprint density at radius 3 is 2.28 bits per heavy atom. The molecule has 0 fully saturated rings. The average Bonchev–Trinajstić information content (AvgIpc) is 2.34. The predicted molar refractivity (Wildman–Crippen MR) is 76.7 cm³/mol. The minimum atomic E-state index is -0.166. The van der Waals surface area contributed by atoms with Gasteiger partial charge in [-0.15, -0.1) is 11.6 Å². The first-order valence-corrected chi connectivity index (χ1v) is 6.81. The van der Waals surface area contributed by atoms with Crippen molar-refractivity contribution in [1.29, 1.82) is 0 Å². The van der Waals surface area contributed by atoms with Crippen molar-refractivity contribution in [3.05, 3.63) is 35.9 Å². The highest BCUT2D eigenvalue weighted by Crippen LogP contribution is 2.32. The highest BCUT2D eigenvalue weighted by atomic mass is 35.5. The van der Waals surface area contributed by atoms with Gasteiger partial charge in [0, 0.05) is 11.8 Å². The second kappa shape index (κ2) is 6.24. The van der Waals surface area contributed by atoms with Gasteiger partial charge in [0.15, 0.2) is 0 Å². The van der Waals surface area contributed by atoms with Crippen molar-refractivity contribution in [2.24, 2.45) is 11.3 Å². The second-order valence-corrected chi connectivity index (χ2v) is 6.08. The molecule has 0 radical (unpaired) electrons. The molecule has 18 heavy (non-hydrogen) atoms. The van der Waals surface area contributed by atoms with Crippen LogP contribution in [0.1, 0.15) is 39.3 Å². The maximum absolute atomic E-state index is 12.0. The minimum absolute atomic E-state index is 0.00290. The molecule has 1 aromatic carbocycles. The molecule has 2 unspecified atom stereocenters. The molecule has 1 N–H and O–H groups in total. The van der Waals surface area contributed by atoms with Crippen LogP contribution in [0, 0.1) is 11.3 Å². The van der Waals surface area contributed by atoms with Gasteiger partial charge in [-0.3, -0.25) is 4.79 Å². The van der Waals surface area contributed by atoms with Crippen LogP contribution >= 0.6 is 11.6 Å². The smallest absolute Gasteiger partial charge is 0.224 e. The maximum Gasteiger partial charge on any atom is 0.224 e. The summed E-state index contributed by atoms with van der Waals surface area (Å²) in [6, 6.07) is 10.0. The molecule has 0 aliphatic heterocycles. The molecule has 100 valence electrons. The molecule has 1 rings (SSSR count). The fraction of sp³-hybridized carbons (Fsp3) is 0.533. The molecule has 0 spiro atoms. The molecule has 0 bridgehead atoms. The van der Waals surface area contributed by atoms with E-state index in [1.54, 1.807) is 0 Å². The highest BCUT2D eigenvalue weighted by Gasteiger charge is 2.28. The van der Waals surface area contributed by atoms with E-state index in [9.17, 15) is 4.79 Å². The Balaban J connectivity index is 2.92. The van der Waals surface area contributed by atoms with Crippen LogP contribution in [0.2, 0.25) is 0 Å². The zero-order valence-corrected chi connectivity index (χ0v) is 12.3. The number of amides is 1. The summed E-state index contributed by atoms with van der Waals surface area (Å²) in [6.45, 7) is 8.20. The summed E-state index contributed by atoms with van der Waals surface area (Å²) in [5, 5.41) is 3.10. The van der Waals surface area contributed by atoms with Crippen molar-refractivity contribution < 1.29 is 4.79 Å². The Hall–Kier alpha value is -1.02. The van der Waals surface area contributed by atoms with Gasteiger partial charge in [-0.05, 0) is 11.0 Å². The molecule has 0 saturated carbocycles. The molecule has 0 aliphatic carbocycles. The van der Waals surface area contributed by atoms with Crippen LogP contribution in [0.15, 0.2) is 30.3 Å². The van der Waals surface area contributed by atoms with E-state index in [0.29, 0.717) is 5.88 Å². The summed E-state index contributed by atoms with van der Waals surface area (Å²) in [7, 11) is 0. The van der Waals surface area contributed by atoms with E-state index >= 15 is 0 Å². The third kappa shape index (κ3) is 4.02. The summed E-state index contributed by atoms with van der Waals surface area (Å²) in [5.74, 6) is 0.186. The first-order chi connectivity index (χ1) is 8.36. The topological polar surface area (TPSA) is 29.1 Å². The Kier molecular flexibility index (Phi) is 5.21. The molecule has 0 heterocycles. The Bertz CT molecular complexity index is 383. The van der Waals surface area contributed by atoms with Crippen molar-refractivity contribution in [1.82, 2.24) is 5.32 Å². The van der Waals surface area contributed by atoms with E-state index in [-0.39, 0.29) is 23.3 Å². The van der Waals surface area contributed by atoms with Crippen LogP contribution < -0.4 is 5.32 Å². The number of hydrogen-bond donors (Lipinski definition) is 1. The summed E-state index contributed by atoms with van der Waals surface area (Å²) in [5.41, 5.74) is 1.09. The lowest BCUT2D eigenvalue weighted by molar-refractivity contribution is -0.125. The quantitative estimate of drug-likeness (QED) is 0.827. The van der Waals surface area contributed by atoms with Crippen molar-refractivity contribution in [3.63, 3.8) is 0 Å². The standard InChI is InChI=1S/C15H22ClNO/c1-11(10-16)14(18)17-13(15(2,3)4)12-8-6-5-7-9-12/h5-9,11,13H,10H2,1-4H3,(H,17,18). The number of rotatable bonds is 4. The minimum Gasteiger partial charge on any atom is -0.349 e. The Labute approximate surface area is 115 Å². The number of benzene rings is 1. The zero-order chi connectivity index (χ0) is 13.8. The number of alkyl halides is 1. The van der Waals surface area contributed by atoms with Gasteiger partial charge in [0.1, 0.15) is 0 Å². The lowest BCUT2D eigenvalue weighted by Gasteiger charge is -2.32. The van der Waals surface area contributed by atoms with Crippen LogP contribution in [0.3, 0.4) is 0 Å². The van der Waals surface area contributed by atoms with Crippen molar-refractivity contribution >= 4 is 17.5 Å². The number of carbonyl (C=O) groups excluding carboxylic acids is 1. The van der Waals surface area contributed by atoms with E-state index < -0.39 is 0 Å². The molecule has 2 atom stereocenters. The summed E-state index contributed by atoms with van der Waals surface area (Å²) in [4.78, 5) is 12.0. The van der Waals surface area contributed by atoms with Crippen molar-refractivity contribution in [2.75, 3.05) is 5.88 Å². The SMILES string of the molecule is CC(CCl)C(=O)NC(c1ccccc1)C(C)(C)C. The van der Waals surface area contributed by atoms with Crippen LogP contribution in [0.25, 0.3) is 0 Å². The lowest BCUT2D eigenvalue weighted by atomic mass is 9.82. The van der Waals surface area contributed by atoms with Crippen LogP contribution in [-0.2, 0) is 4.79 Å². The molecule has 2 nitrogen and oxygen atoms in total. The molecular weight excluding hydrogens is 246 g/mol. The third-order valence-electron chi connectivity index (χ3n) is 2.96. The van der Waals surface area contributed by atoms with E-state index in [0.717, 1.165) is 5.56 Å². The molecule has 1 aromatic rings. The van der Waals surface area contributed by atoms with Crippen molar-refractivity contribution in [3.8, 4) is 0 Å². The first-order valence-electron chi connectivity index (χ1n) is 6.27. The van der Waals surface area contributed by atoms with E-state index in [2.05, 4.69) is 26.1 Å². The van der Waals surface area contributed by atoms with Gasteiger partial charge >= 0.3 is 0 Å². The number of nitrogens with one attached hydrogen (secondary N) is 1. The van der Waals surface area contributed by atoms with Gasteiger partial charge < -0.3 is 5.32 Å². The monoisotopic (exact) mass is 267 g/mol. The van der Waals surface area contributed by atoms with Gasteiger partial charge in [0.05, 0.1) is 6.04 Å². The zero-order valence-electron chi connectivity index (χ0n) is 11.5. The largest absolute Gasteiger partial charge is 0.349 e. The number of halogens is 1. The normalized spacial score (nSPS) is 14.9. The van der Waals surface area contributed by atoms with E-state index in [1.165, 1.54) is 0 Å². The van der Waals surface area contributed by atoms with E-state index in [4.69, 9.17) is 11.6 Å². The first kappa shape index (κ1) is 15.0. The van der Waals surface area contributed by atoms with Crippen molar-refractivity contribution in [2.45, 2.75) is 33.7 Å². The predicted octanol–water partition coefficient (Wildman–Crippen LogP) is 3.76. The fourth-order valence-electron chi connectivity index (χ4n) is 1.80. The molecule has 3 heteroatoms. The molecule has 1 amide bonds. The van der Waals surface area contributed by atoms with Crippen LogP contribution in [0.4, 0.5) is 0 Å². The third-order valence-corrected chi connectivity index (χ3v) is 3.43. The fourth-order valence-corrected chi connectivity index (χ4v) is 1.94. The van der Waals surface area contributed by atoms with Crippen LogP contribution in [0.5, 0.6) is 0 Å². The van der Waals surface area contributed by atoms with Gasteiger partial charge in [-0.2, -0.15) is 0 Å². The lowest BCUT2D eigenvalue weighted by Crippen LogP contribution is -2.39. The Morgan fingerprint density at radius 2 is 1.83 bits per heavy atom. The number of carbonyl (C=O) groups is 1. The summed E-state index contributed by atoms with van der Waals surface area (Å²) < 4.78 is 0. The van der Waals surface area contributed by atoms with Gasteiger partial charge in [0.2, 0.25) is 5.91 Å². The van der Waals surface area contributed by atoms with Gasteiger partial charge in [-0.25, -0.2) is 0 Å².